The first-order valence-electron chi connectivity index (χ1n) is 9.31. The first-order valence-corrected chi connectivity index (χ1v) is 9.31. The third kappa shape index (κ3) is 3.93. The van der Waals surface area contributed by atoms with Crippen LogP contribution in [-0.2, 0) is 9.53 Å². The second-order valence-corrected chi connectivity index (χ2v) is 7.23. The molecule has 1 saturated carbocycles. The Morgan fingerprint density at radius 1 is 0.960 bits per heavy atom. The normalized spacial score (nSPS) is 20.2. The molecule has 3 heteroatoms. The Bertz CT molecular complexity index is 657. The van der Waals surface area contributed by atoms with Crippen molar-refractivity contribution in [2.24, 2.45) is 5.92 Å². The fraction of sp³-hybridized carbons (Fsp3) is 0.409. The second kappa shape index (κ2) is 7.40. The lowest BCUT2D eigenvalue weighted by molar-refractivity contribution is -0.131. The topological polar surface area (TPSA) is 29.5 Å². The molecule has 1 aliphatic heterocycles. The summed E-state index contributed by atoms with van der Waals surface area (Å²) < 4.78 is 6.00. The maximum atomic E-state index is 13.3. The van der Waals surface area contributed by atoms with E-state index in [9.17, 15) is 4.79 Å². The van der Waals surface area contributed by atoms with Crippen LogP contribution in [0.4, 0.5) is 0 Å². The maximum Gasteiger partial charge on any atom is 0.234 e. The molecule has 1 heterocycles. The summed E-state index contributed by atoms with van der Waals surface area (Å²) in [7, 11) is 0. The number of hydrogen-bond donors (Lipinski definition) is 0. The van der Waals surface area contributed by atoms with Crippen LogP contribution in [0.2, 0.25) is 0 Å². The van der Waals surface area contributed by atoms with E-state index in [0.29, 0.717) is 0 Å². The van der Waals surface area contributed by atoms with Crippen LogP contribution in [0.3, 0.4) is 0 Å². The average Bonchev–Trinajstić information content (AvgIpc) is 3.37. The Balaban J connectivity index is 1.50. The molecular weight excluding hydrogens is 310 g/mol. The monoisotopic (exact) mass is 335 g/mol. The van der Waals surface area contributed by atoms with Gasteiger partial charge in [0.15, 0.2) is 0 Å². The lowest BCUT2D eigenvalue weighted by Gasteiger charge is -2.24. The van der Waals surface area contributed by atoms with Crippen LogP contribution in [0.1, 0.15) is 36.3 Å². The van der Waals surface area contributed by atoms with E-state index in [4.69, 9.17) is 4.74 Å². The molecule has 3 nitrogen and oxygen atoms in total. The van der Waals surface area contributed by atoms with Crippen molar-refractivity contribution in [2.45, 2.75) is 31.3 Å². The molecule has 0 unspecified atom stereocenters. The molecule has 2 fully saturated rings. The summed E-state index contributed by atoms with van der Waals surface area (Å²) in [5.41, 5.74) is 2.11. The van der Waals surface area contributed by atoms with Gasteiger partial charge < -0.3 is 9.64 Å². The highest BCUT2D eigenvalue weighted by Gasteiger charge is 2.33. The minimum atomic E-state index is -0.232. The van der Waals surface area contributed by atoms with E-state index in [-0.39, 0.29) is 17.9 Å². The summed E-state index contributed by atoms with van der Waals surface area (Å²) in [5.74, 6) is 0.727. The van der Waals surface area contributed by atoms with Crippen molar-refractivity contribution in [1.29, 1.82) is 0 Å². The van der Waals surface area contributed by atoms with Crippen LogP contribution < -0.4 is 0 Å². The number of carbonyl (C=O) groups is 1. The zero-order valence-corrected chi connectivity index (χ0v) is 14.5. The number of rotatable bonds is 6. The number of ether oxygens (including phenoxy) is 1. The summed E-state index contributed by atoms with van der Waals surface area (Å²) in [6.45, 7) is 2.39. The Morgan fingerprint density at radius 2 is 1.56 bits per heavy atom. The molecule has 1 amide bonds. The minimum Gasteiger partial charge on any atom is -0.376 e. The molecule has 1 saturated heterocycles. The number of hydrogen-bond acceptors (Lipinski definition) is 2. The van der Waals surface area contributed by atoms with E-state index >= 15 is 0 Å². The molecular formula is C22H25NO2. The summed E-state index contributed by atoms with van der Waals surface area (Å²) in [5, 5.41) is 0. The first kappa shape index (κ1) is 16.3. The second-order valence-electron chi connectivity index (χ2n) is 7.23. The zero-order chi connectivity index (χ0) is 17.1. The smallest absolute Gasteiger partial charge is 0.234 e. The predicted molar refractivity (Wildman–Crippen MR) is 98.4 cm³/mol. The van der Waals surface area contributed by atoms with Crippen molar-refractivity contribution in [2.75, 3.05) is 19.7 Å². The highest BCUT2D eigenvalue weighted by atomic mass is 16.5. The zero-order valence-electron chi connectivity index (χ0n) is 14.5. The summed E-state index contributed by atoms with van der Waals surface area (Å²) in [4.78, 5) is 15.3. The molecule has 1 aliphatic carbocycles. The van der Waals surface area contributed by atoms with Crippen molar-refractivity contribution < 1.29 is 9.53 Å². The summed E-state index contributed by atoms with van der Waals surface area (Å²) in [6.07, 6.45) is 3.77. The van der Waals surface area contributed by atoms with Gasteiger partial charge in [0.05, 0.1) is 12.0 Å². The van der Waals surface area contributed by atoms with Gasteiger partial charge >= 0.3 is 0 Å². The van der Waals surface area contributed by atoms with Gasteiger partial charge in [0.25, 0.3) is 0 Å². The Morgan fingerprint density at radius 3 is 2.12 bits per heavy atom. The number of likely N-dealkylation sites (tertiary alicyclic amines) is 1. The van der Waals surface area contributed by atoms with Crippen molar-refractivity contribution in [3.63, 3.8) is 0 Å². The lowest BCUT2D eigenvalue weighted by atomic mass is 9.90. The molecule has 4 rings (SSSR count). The Labute approximate surface area is 149 Å². The molecule has 0 spiro atoms. The van der Waals surface area contributed by atoms with E-state index in [2.05, 4.69) is 0 Å². The number of amides is 1. The van der Waals surface area contributed by atoms with Gasteiger partial charge in [-0.15, -0.1) is 0 Å². The SMILES string of the molecule is O=C(C(c1ccccc1)c1ccccc1)N1CC[C@H](OCC2CC2)C1. The van der Waals surface area contributed by atoms with Crippen LogP contribution in [0.5, 0.6) is 0 Å². The van der Waals surface area contributed by atoms with E-state index in [1.54, 1.807) is 0 Å². The molecule has 0 radical (unpaired) electrons. The van der Waals surface area contributed by atoms with Crippen LogP contribution in [0.25, 0.3) is 0 Å². The summed E-state index contributed by atoms with van der Waals surface area (Å²) >= 11 is 0. The number of nitrogens with zero attached hydrogens (tertiary/aromatic N) is 1. The number of benzene rings is 2. The third-order valence-corrected chi connectivity index (χ3v) is 5.23. The van der Waals surface area contributed by atoms with Gasteiger partial charge in [-0.1, -0.05) is 60.7 Å². The highest BCUT2D eigenvalue weighted by Crippen LogP contribution is 2.31. The molecule has 130 valence electrons. The molecule has 25 heavy (non-hydrogen) atoms. The minimum absolute atomic E-state index is 0.190. The van der Waals surface area contributed by atoms with Crippen LogP contribution in [0, 0.1) is 5.92 Å². The van der Waals surface area contributed by atoms with Crippen LogP contribution >= 0.6 is 0 Å². The third-order valence-electron chi connectivity index (χ3n) is 5.23. The standard InChI is InChI=1S/C22H25NO2/c24-22(23-14-13-20(15-23)25-16-17-11-12-17)21(18-7-3-1-4-8-18)19-9-5-2-6-10-19/h1-10,17,20-21H,11-16H2/t20-/m0/s1. The fourth-order valence-electron chi connectivity index (χ4n) is 3.57. The summed E-state index contributed by atoms with van der Waals surface area (Å²) in [6, 6.07) is 20.2. The molecule has 2 aromatic rings. The van der Waals surface area contributed by atoms with E-state index in [0.717, 1.165) is 43.2 Å². The van der Waals surface area contributed by atoms with Gasteiger partial charge in [-0.05, 0) is 36.3 Å². The molecule has 0 aromatic heterocycles. The highest BCUT2D eigenvalue weighted by molar-refractivity contribution is 5.87. The van der Waals surface area contributed by atoms with Gasteiger partial charge in [0, 0.05) is 19.7 Å². The van der Waals surface area contributed by atoms with Gasteiger partial charge in [-0.25, -0.2) is 0 Å². The van der Waals surface area contributed by atoms with Gasteiger partial charge in [0.2, 0.25) is 5.91 Å². The van der Waals surface area contributed by atoms with Crippen molar-refractivity contribution in [1.82, 2.24) is 4.90 Å². The average molecular weight is 335 g/mol. The van der Waals surface area contributed by atoms with Gasteiger partial charge in [-0.2, -0.15) is 0 Å². The van der Waals surface area contributed by atoms with E-state index < -0.39 is 0 Å². The number of carbonyl (C=O) groups excluding carboxylic acids is 1. The van der Waals surface area contributed by atoms with Gasteiger partial charge in [-0.3, -0.25) is 4.79 Å². The predicted octanol–water partition coefficient (Wildman–Crippen LogP) is 3.85. The van der Waals surface area contributed by atoms with Gasteiger partial charge in [0.1, 0.15) is 0 Å². The molecule has 0 bridgehead atoms. The molecule has 2 aliphatic rings. The van der Waals surface area contributed by atoms with E-state index in [1.807, 2.05) is 65.6 Å². The maximum absolute atomic E-state index is 13.3. The van der Waals surface area contributed by atoms with Crippen molar-refractivity contribution >= 4 is 5.91 Å². The van der Waals surface area contributed by atoms with Crippen LogP contribution in [0.15, 0.2) is 60.7 Å². The largest absolute Gasteiger partial charge is 0.376 e. The van der Waals surface area contributed by atoms with Crippen molar-refractivity contribution in [3.8, 4) is 0 Å². The van der Waals surface area contributed by atoms with Crippen LogP contribution in [-0.4, -0.2) is 36.6 Å². The lowest BCUT2D eigenvalue weighted by Crippen LogP contribution is -2.35. The quantitative estimate of drug-likeness (QED) is 0.802. The Kier molecular flexibility index (Phi) is 4.84. The van der Waals surface area contributed by atoms with Crippen molar-refractivity contribution in [3.05, 3.63) is 71.8 Å². The molecule has 0 N–H and O–H groups in total. The fourth-order valence-corrected chi connectivity index (χ4v) is 3.57. The molecule has 1 atom stereocenters. The van der Waals surface area contributed by atoms with E-state index in [1.165, 1.54) is 12.8 Å². The first-order chi connectivity index (χ1) is 12.3. The molecule has 2 aromatic carbocycles. The Hall–Kier alpha value is -2.13.